The van der Waals surface area contributed by atoms with Crippen molar-refractivity contribution in [1.29, 1.82) is 0 Å². The molecule has 0 radical (unpaired) electrons. The van der Waals surface area contributed by atoms with Crippen molar-refractivity contribution >= 4 is 40.7 Å². The normalized spacial score (nSPS) is 14.8. The van der Waals surface area contributed by atoms with Crippen molar-refractivity contribution in [3.8, 4) is 11.5 Å². The Labute approximate surface area is 220 Å². The summed E-state index contributed by atoms with van der Waals surface area (Å²) in [4.78, 5) is 39.1. The minimum Gasteiger partial charge on any atom is -0.496 e. The van der Waals surface area contributed by atoms with E-state index in [1.54, 1.807) is 48.4 Å². The molecule has 37 heavy (non-hydrogen) atoms. The first kappa shape index (κ1) is 26.0. The van der Waals surface area contributed by atoms with Gasteiger partial charge in [-0.1, -0.05) is 35.9 Å². The maximum atomic E-state index is 12.7. The number of benzene rings is 3. The van der Waals surface area contributed by atoms with E-state index < -0.39 is 5.92 Å². The van der Waals surface area contributed by atoms with E-state index >= 15 is 0 Å². The lowest BCUT2D eigenvalue weighted by Gasteiger charge is -2.17. The number of rotatable bonds is 9. The smallest absolute Gasteiger partial charge is 0.262 e. The lowest BCUT2D eigenvalue weighted by molar-refractivity contribution is -0.126. The minimum absolute atomic E-state index is 0.123. The molecule has 0 spiro atoms. The number of anilines is 2. The highest BCUT2D eigenvalue weighted by Crippen LogP contribution is 2.27. The largest absolute Gasteiger partial charge is 0.496 e. The summed E-state index contributed by atoms with van der Waals surface area (Å²) in [6.07, 6.45) is 0.138. The van der Waals surface area contributed by atoms with E-state index in [0.717, 1.165) is 11.1 Å². The number of hydrogen-bond donors (Lipinski definition) is 2. The van der Waals surface area contributed by atoms with E-state index in [2.05, 4.69) is 10.6 Å². The van der Waals surface area contributed by atoms with Gasteiger partial charge in [-0.3, -0.25) is 14.4 Å². The van der Waals surface area contributed by atoms with Gasteiger partial charge in [0.15, 0.2) is 6.61 Å². The van der Waals surface area contributed by atoms with Gasteiger partial charge in [-0.2, -0.15) is 0 Å². The highest BCUT2D eigenvalue weighted by molar-refractivity contribution is 6.31. The summed E-state index contributed by atoms with van der Waals surface area (Å²) in [6.45, 7) is 2.32. The zero-order valence-corrected chi connectivity index (χ0v) is 21.4. The Morgan fingerprint density at radius 1 is 1.08 bits per heavy atom. The molecule has 3 amide bonds. The van der Waals surface area contributed by atoms with Crippen LogP contribution in [-0.4, -0.2) is 38.0 Å². The molecule has 1 aliphatic heterocycles. The predicted octanol–water partition coefficient (Wildman–Crippen LogP) is 4.34. The number of amides is 3. The summed E-state index contributed by atoms with van der Waals surface area (Å²) in [7, 11) is 1.58. The predicted molar refractivity (Wildman–Crippen MR) is 142 cm³/mol. The molecule has 0 aromatic heterocycles. The quantitative estimate of drug-likeness (QED) is 0.436. The second kappa shape index (κ2) is 11.8. The fourth-order valence-electron chi connectivity index (χ4n) is 4.05. The average molecular weight is 522 g/mol. The molecule has 0 unspecified atom stereocenters. The second-order valence-corrected chi connectivity index (χ2v) is 9.14. The molecule has 3 aromatic rings. The second-order valence-electron chi connectivity index (χ2n) is 8.73. The van der Waals surface area contributed by atoms with Gasteiger partial charge in [0.1, 0.15) is 11.5 Å². The van der Waals surface area contributed by atoms with Crippen LogP contribution < -0.4 is 25.0 Å². The molecule has 2 N–H and O–H groups in total. The van der Waals surface area contributed by atoms with Crippen LogP contribution in [0.2, 0.25) is 5.02 Å². The molecule has 0 aliphatic carbocycles. The summed E-state index contributed by atoms with van der Waals surface area (Å²) >= 11 is 6.09. The number of carbonyl (C=O) groups excluding carboxylic acids is 3. The Balaban J connectivity index is 1.27. The van der Waals surface area contributed by atoms with Crippen LogP contribution in [0.4, 0.5) is 11.4 Å². The average Bonchev–Trinajstić information content (AvgIpc) is 3.30. The molecule has 1 fully saturated rings. The van der Waals surface area contributed by atoms with Gasteiger partial charge in [0.05, 0.1) is 13.0 Å². The molecule has 8 nitrogen and oxygen atoms in total. The van der Waals surface area contributed by atoms with Crippen molar-refractivity contribution < 1.29 is 23.9 Å². The maximum Gasteiger partial charge on any atom is 0.262 e. The Hall–Kier alpha value is -4.04. The summed E-state index contributed by atoms with van der Waals surface area (Å²) in [5.41, 5.74) is 3.04. The maximum absolute atomic E-state index is 12.7. The van der Waals surface area contributed by atoms with Crippen LogP contribution in [0.5, 0.6) is 11.5 Å². The number of carbonyl (C=O) groups is 3. The third kappa shape index (κ3) is 6.59. The van der Waals surface area contributed by atoms with Gasteiger partial charge >= 0.3 is 0 Å². The summed E-state index contributed by atoms with van der Waals surface area (Å²) in [6, 6.07) is 19.6. The number of ether oxygens (including phenoxy) is 2. The lowest BCUT2D eigenvalue weighted by atomic mass is 10.1. The third-order valence-corrected chi connectivity index (χ3v) is 6.52. The molecule has 9 heteroatoms. The number of nitrogens with zero attached hydrogens (tertiary/aromatic N) is 1. The molecule has 0 bridgehead atoms. The third-order valence-electron chi connectivity index (χ3n) is 6.12. The molecule has 0 saturated carbocycles. The number of methoxy groups -OCH3 is 1. The van der Waals surface area contributed by atoms with E-state index in [1.165, 1.54) is 0 Å². The molecule has 1 heterocycles. The first-order chi connectivity index (χ1) is 17.8. The highest BCUT2D eigenvalue weighted by Gasteiger charge is 2.35. The molecular weight excluding hydrogens is 494 g/mol. The Bertz CT molecular complexity index is 1300. The molecule has 192 valence electrons. The van der Waals surface area contributed by atoms with Crippen molar-refractivity contribution in [1.82, 2.24) is 5.32 Å². The SMILES string of the molecule is COc1ccccc1CNC(=O)[C@@H]1CC(=O)N(c2ccc(OCC(=O)Nc3ccc(C)c(Cl)c3)cc2)C1. The minimum atomic E-state index is -0.447. The Kier molecular flexibility index (Phi) is 8.30. The van der Waals surface area contributed by atoms with Crippen LogP contribution in [0.25, 0.3) is 0 Å². The fourth-order valence-corrected chi connectivity index (χ4v) is 4.23. The summed E-state index contributed by atoms with van der Waals surface area (Å²) in [5.74, 6) is 0.118. The van der Waals surface area contributed by atoms with Crippen molar-refractivity contribution in [2.45, 2.75) is 19.9 Å². The van der Waals surface area contributed by atoms with Gasteiger partial charge < -0.3 is 25.0 Å². The highest BCUT2D eigenvalue weighted by atomic mass is 35.5. The van der Waals surface area contributed by atoms with Crippen LogP contribution in [0.3, 0.4) is 0 Å². The molecule has 4 rings (SSSR count). The number of halogens is 1. The van der Waals surface area contributed by atoms with E-state index in [9.17, 15) is 14.4 Å². The van der Waals surface area contributed by atoms with Crippen molar-refractivity contribution in [3.63, 3.8) is 0 Å². The number of aryl methyl sites for hydroxylation is 1. The number of hydrogen-bond acceptors (Lipinski definition) is 5. The van der Waals surface area contributed by atoms with Gasteiger partial charge in [-0.25, -0.2) is 0 Å². The van der Waals surface area contributed by atoms with Crippen LogP contribution in [-0.2, 0) is 20.9 Å². The van der Waals surface area contributed by atoms with Gasteiger partial charge in [0, 0.05) is 41.5 Å². The zero-order chi connectivity index (χ0) is 26.4. The van der Waals surface area contributed by atoms with Crippen molar-refractivity contribution in [2.24, 2.45) is 5.92 Å². The van der Waals surface area contributed by atoms with E-state index in [0.29, 0.717) is 34.4 Å². The summed E-state index contributed by atoms with van der Waals surface area (Å²) in [5, 5.41) is 6.21. The lowest BCUT2D eigenvalue weighted by Crippen LogP contribution is -2.32. The molecule has 1 saturated heterocycles. The monoisotopic (exact) mass is 521 g/mol. The van der Waals surface area contributed by atoms with Gasteiger partial charge in [-0.05, 0) is 55.0 Å². The van der Waals surface area contributed by atoms with E-state index in [4.69, 9.17) is 21.1 Å². The molecule has 1 atom stereocenters. The Morgan fingerprint density at radius 2 is 1.84 bits per heavy atom. The van der Waals surface area contributed by atoms with Crippen molar-refractivity contribution in [2.75, 3.05) is 30.5 Å². The molecule has 3 aromatic carbocycles. The van der Waals surface area contributed by atoms with Crippen LogP contribution in [0.1, 0.15) is 17.5 Å². The summed E-state index contributed by atoms with van der Waals surface area (Å²) < 4.78 is 10.9. The van der Waals surface area contributed by atoms with Gasteiger partial charge in [0.25, 0.3) is 5.91 Å². The first-order valence-corrected chi connectivity index (χ1v) is 12.2. The van der Waals surface area contributed by atoms with Gasteiger partial charge in [0.2, 0.25) is 11.8 Å². The standard InChI is InChI=1S/C28H28ClN3O5/c1-18-7-8-21(14-24(18)29)31-26(33)17-37-23-11-9-22(10-12-23)32-16-20(13-27(32)34)28(35)30-15-19-5-3-4-6-25(19)36-2/h3-12,14,20H,13,15-17H2,1-2H3,(H,30,35)(H,31,33)/t20-/m1/s1. The zero-order valence-electron chi connectivity index (χ0n) is 20.6. The first-order valence-electron chi connectivity index (χ1n) is 11.8. The van der Waals surface area contributed by atoms with E-state index in [-0.39, 0.29) is 37.3 Å². The van der Waals surface area contributed by atoms with Gasteiger partial charge in [-0.15, -0.1) is 0 Å². The number of para-hydroxylation sites is 1. The van der Waals surface area contributed by atoms with Crippen LogP contribution >= 0.6 is 11.6 Å². The molecular formula is C28H28ClN3O5. The fraction of sp³-hybridized carbons (Fsp3) is 0.250. The van der Waals surface area contributed by atoms with Crippen LogP contribution in [0, 0.1) is 12.8 Å². The topological polar surface area (TPSA) is 97.0 Å². The Morgan fingerprint density at radius 3 is 2.57 bits per heavy atom. The van der Waals surface area contributed by atoms with Crippen molar-refractivity contribution in [3.05, 3.63) is 82.9 Å². The van der Waals surface area contributed by atoms with E-state index in [1.807, 2.05) is 37.3 Å². The number of nitrogens with one attached hydrogen (secondary N) is 2. The molecule has 1 aliphatic rings. The van der Waals surface area contributed by atoms with Crippen LogP contribution in [0.15, 0.2) is 66.7 Å².